The van der Waals surface area contributed by atoms with Crippen molar-refractivity contribution in [3.63, 3.8) is 0 Å². The molecule has 2 aromatic carbocycles. The maximum atomic E-state index is 14.4. The van der Waals surface area contributed by atoms with Gasteiger partial charge < -0.3 is 0 Å². The highest BCUT2D eigenvalue weighted by Gasteiger charge is 2.35. The summed E-state index contributed by atoms with van der Waals surface area (Å²) in [5, 5.41) is 4.29. The smallest absolute Gasteiger partial charge is 0.258 e. The van der Waals surface area contributed by atoms with Crippen LogP contribution >= 0.6 is 0 Å². The average molecular weight is 387 g/mol. The highest BCUT2D eigenvalue weighted by Crippen LogP contribution is 2.39. The molecule has 0 spiro atoms. The van der Waals surface area contributed by atoms with Crippen LogP contribution in [0.25, 0.3) is 0 Å². The van der Waals surface area contributed by atoms with Gasteiger partial charge in [0.05, 0.1) is 10.9 Å². The van der Waals surface area contributed by atoms with Gasteiger partial charge in [-0.05, 0) is 24.6 Å². The topological polar surface area (TPSA) is 74.1 Å². The Kier molecular flexibility index (Phi) is 4.53. The summed E-state index contributed by atoms with van der Waals surface area (Å²) in [6.45, 7) is 1.52. The van der Waals surface area contributed by atoms with E-state index in [0.717, 1.165) is 11.1 Å². The number of halogens is 1. The minimum absolute atomic E-state index is 0.0605. The fraction of sp³-hybridized carbons (Fsp3) is 0.263. The molecule has 0 N–H and O–H groups in total. The van der Waals surface area contributed by atoms with E-state index in [1.807, 2.05) is 37.3 Å². The number of rotatable bonds is 5. The van der Waals surface area contributed by atoms with E-state index in [-0.39, 0.29) is 35.6 Å². The highest BCUT2D eigenvalue weighted by molar-refractivity contribution is 7.86. The molecule has 8 heteroatoms. The Morgan fingerprint density at radius 1 is 1.15 bits per heavy atom. The first-order chi connectivity index (χ1) is 12.9. The number of nitrogens with zero attached hydrogens (tertiary/aromatic N) is 3. The van der Waals surface area contributed by atoms with Crippen LogP contribution in [-0.4, -0.2) is 23.2 Å². The van der Waals surface area contributed by atoms with E-state index in [2.05, 4.69) is 10.1 Å². The molecule has 1 aliphatic heterocycles. The molecule has 2 atom stereocenters. The molecule has 2 unspecified atom stereocenters. The van der Waals surface area contributed by atoms with Gasteiger partial charge in [-0.2, -0.15) is 13.5 Å². The van der Waals surface area contributed by atoms with Gasteiger partial charge >= 0.3 is 0 Å². The maximum Gasteiger partial charge on any atom is 0.297 e. The molecule has 4 rings (SSSR count). The van der Waals surface area contributed by atoms with Crippen molar-refractivity contribution < 1.29 is 17.0 Å². The Labute approximate surface area is 156 Å². The second kappa shape index (κ2) is 6.86. The summed E-state index contributed by atoms with van der Waals surface area (Å²) in [6, 6.07) is 15.6. The third-order valence-corrected chi connectivity index (χ3v) is 5.82. The molecule has 6 nitrogen and oxygen atoms in total. The Hall–Kier alpha value is -2.58. The zero-order valence-electron chi connectivity index (χ0n) is 14.6. The summed E-state index contributed by atoms with van der Waals surface area (Å²) >= 11 is 0. The summed E-state index contributed by atoms with van der Waals surface area (Å²) in [5.41, 5.74) is 1.88. The normalized spacial score (nSPS) is 19.2. The van der Waals surface area contributed by atoms with Gasteiger partial charge in [-0.3, -0.25) is 4.18 Å². The zero-order chi connectivity index (χ0) is 19.0. The van der Waals surface area contributed by atoms with Crippen LogP contribution in [0.4, 0.5) is 4.39 Å². The summed E-state index contributed by atoms with van der Waals surface area (Å²) in [5.74, 6) is 0.346. The van der Waals surface area contributed by atoms with Gasteiger partial charge in [-0.15, -0.1) is 0 Å². The number of benzene rings is 2. The Bertz CT molecular complexity index is 1050. The lowest BCUT2D eigenvalue weighted by atomic mass is 10.0. The summed E-state index contributed by atoms with van der Waals surface area (Å²) in [4.78, 5) is 4.21. The van der Waals surface area contributed by atoms with Gasteiger partial charge in [0.1, 0.15) is 6.61 Å². The van der Waals surface area contributed by atoms with Crippen LogP contribution in [0.2, 0.25) is 0 Å². The van der Waals surface area contributed by atoms with Crippen LogP contribution in [0.1, 0.15) is 41.4 Å². The fourth-order valence-electron chi connectivity index (χ4n) is 3.14. The standard InChI is InChI=1S/C19H18FN3O3S/c1-13-7-9-15(10-8-13)27(24,25)26-12-18-21-19-16(20)11-17(23(19)22-18)14-5-3-2-4-6-14/h2-10,16-17H,11-12H2,1H3. The largest absolute Gasteiger partial charge is 0.297 e. The predicted octanol–water partition coefficient (Wildman–Crippen LogP) is 3.50. The van der Waals surface area contributed by atoms with Crippen LogP contribution in [0.5, 0.6) is 0 Å². The minimum atomic E-state index is -3.93. The lowest BCUT2D eigenvalue weighted by Gasteiger charge is -2.11. The molecule has 2 heterocycles. The van der Waals surface area contributed by atoms with E-state index in [9.17, 15) is 12.8 Å². The van der Waals surface area contributed by atoms with Gasteiger partial charge in [0.2, 0.25) is 0 Å². The van der Waals surface area contributed by atoms with Gasteiger partial charge in [-0.1, -0.05) is 48.0 Å². The molecular weight excluding hydrogens is 369 g/mol. The second-order valence-electron chi connectivity index (χ2n) is 6.49. The SMILES string of the molecule is Cc1ccc(S(=O)(=O)OCc2nc3n(n2)C(c2ccccc2)CC3F)cc1. The molecule has 0 fully saturated rings. The molecule has 0 radical (unpaired) electrons. The minimum Gasteiger partial charge on any atom is -0.258 e. The quantitative estimate of drug-likeness (QED) is 0.627. The number of fused-ring (bicyclic) bond motifs is 1. The molecule has 27 heavy (non-hydrogen) atoms. The summed E-state index contributed by atoms with van der Waals surface area (Å²) < 4.78 is 45.5. The van der Waals surface area contributed by atoms with Crippen LogP contribution in [0, 0.1) is 6.92 Å². The molecule has 1 aliphatic rings. The molecule has 0 saturated heterocycles. The Morgan fingerprint density at radius 2 is 1.85 bits per heavy atom. The highest BCUT2D eigenvalue weighted by atomic mass is 32.2. The van der Waals surface area contributed by atoms with E-state index in [4.69, 9.17) is 4.18 Å². The van der Waals surface area contributed by atoms with Crippen molar-refractivity contribution in [1.29, 1.82) is 0 Å². The van der Waals surface area contributed by atoms with Crippen LogP contribution in [0.15, 0.2) is 59.5 Å². The fourth-order valence-corrected chi connectivity index (χ4v) is 4.01. The van der Waals surface area contributed by atoms with E-state index in [1.54, 1.807) is 12.1 Å². The predicted molar refractivity (Wildman–Crippen MR) is 96.2 cm³/mol. The first kappa shape index (κ1) is 17.8. The van der Waals surface area contributed by atoms with Crippen molar-refractivity contribution in [3.05, 3.63) is 77.4 Å². The zero-order valence-corrected chi connectivity index (χ0v) is 15.4. The molecule has 140 valence electrons. The van der Waals surface area contributed by atoms with Gasteiger partial charge in [0.15, 0.2) is 17.8 Å². The number of hydrogen-bond donors (Lipinski definition) is 0. The van der Waals surface area contributed by atoms with E-state index in [1.165, 1.54) is 16.8 Å². The first-order valence-electron chi connectivity index (χ1n) is 8.54. The van der Waals surface area contributed by atoms with E-state index in [0.29, 0.717) is 0 Å². The number of alkyl halides is 1. The summed E-state index contributed by atoms with van der Waals surface area (Å²) in [7, 11) is -3.93. The van der Waals surface area contributed by atoms with Gasteiger partial charge in [-0.25, -0.2) is 14.1 Å². The Balaban J connectivity index is 1.53. The molecule has 1 aromatic heterocycles. The van der Waals surface area contributed by atoms with Crippen molar-refractivity contribution in [2.24, 2.45) is 0 Å². The third-order valence-electron chi connectivity index (χ3n) is 4.54. The van der Waals surface area contributed by atoms with Crippen molar-refractivity contribution in [2.45, 2.75) is 37.1 Å². The molecule has 0 saturated carbocycles. The van der Waals surface area contributed by atoms with Crippen LogP contribution in [0.3, 0.4) is 0 Å². The van der Waals surface area contributed by atoms with Crippen LogP contribution < -0.4 is 0 Å². The van der Waals surface area contributed by atoms with Crippen molar-refractivity contribution in [1.82, 2.24) is 14.8 Å². The maximum absolute atomic E-state index is 14.4. The van der Waals surface area contributed by atoms with Crippen molar-refractivity contribution in [3.8, 4) is 0 Å². The molecule has 0 amide bonds. The van der Waals surface area contributed by atoms with Gasteiger partial charge in [0.25, 0.3) is 10.1 Å². The average Bonchev–Trinajstić information content (AvgIpc) is 3.21. The lowest BCUT2D eigenvalue weighted by Crippen LogP contribution is -2.10. The second-order valence-corrected chi connectivity index (χ2v) is 8.11. The molecular formula is C19H18FN3O3S. The third kappa shape index (κ3) is 3.50. The molecule has 3 aromatic rings. The van der Waals surface area contributed by atoms with Crippen LogP contribution in [-0.2, 0) is 20.9 Å². The number of hydrogen-bond acceptors (Lipinski definition) is 5. The first-order valence-corrected chi connectivity index (χ1v) is 9.95. The number of aryl methyl sites for hydroxylation is 1. The number of aromatic nitrogens is 3. The monoisotopic (exact) mass is 387 g/mol. The van der Waals surface area contributed by atoms with Crippen molar-refractivity contribution in [2.75, 3.05) is 0 Å². The van der Waals surface area contributed by atoms with E-state index >= 15 is 0 Å². The van der Waals surface area contributed by atoms with Gasteiger partial charge in [0, 0.05) is 6.42 Å². The van der Waals surface area contributed by atoms with Crippen molar-refractivity contribution >= 4 is 10.1 Å². The molecule has 0 aliphatic carbocycles. The summed E-state index contributed by atoms with van der Waals surface area (Å²) in [6.07, 6.45) is -0.979. The van der Waals surface area contributed by atoms with E-state index < -0.39 is 16.3 Å². The molecule has 0 bridgehead atoms. The Morgan fingerprint density at radius 3 is 2.56 bits per heavy atom. The lowest BCUT2D eigenvalue weighted by molar-refractivity contribution is 0.293.